The van der Waals surface area contributed by atoms with Crippen molar-refractivity contribution in [2.45, 2.75) is 31.1 Å². The van der Waals surface area contributed by atoms with Crippen LogP contribution >= 0.6 is 0 Å². The predicted octanol–water partition coefficient (Wildman–Crippen LogP) is 2.11. The molecule has 0 fully saturated rings. The summed E-state index contributed by atoms with van der Waals surface area (Å²) < 4.78 is 39.2. The van der Waals surface area contributed by atoms with Crippen molar-refractivity contribution in [3.63, 3.8) is 0 Å². The lowest BCUT2D eigenvalue weighted by Gasteiger charge is -2.08. The molecule has 0 aliphatic rings. The van der Waals surface area contributed by atoms with E-state index in [2.05, 4.69) is 4.72 Å². The summed E-state index contributed by atoms with van der Waals surface area (Å²) in [6.07, 6.45) is 1.63. The van der Waals surface area contributed by atoms with Gasteiger partial charge in [-0.1, -0.05) is 6.07 Å². The second kappa shape index (κ2) is 6.47. The van der Waals surface area contributed by atoms with Gasteiger partial charge in [-0.05, 0) is 37.5 Å². The quantitative estimate of drug-likeness (QED) is 0.805. The van der Waals surface area contributed by atoms with Crippen LogP contribution in [0.5, 0.6) is 0 Å². The molecule has 0 saturated carbocycles. The molecule has 0 atom stereocenters. The van der Waals surface area contributed by atoms with E-state index in [1.807, 2.05) is 6.07 Å². The van der Waals surface area contributed by atoms with E-state index in [-0.39, 0.29) is 11.4 Å². The summed E-state index contributed by atoms with van der Waals surface area (Å²) in [5.41, 5.74) is 0.501. The van der Waals surface area contributed by atoms with Gasteiger partial charge in [0.15, 0.2) is 0 Å². The van der Waals surface area contributed by atoms with E-state index in [9.17, 15) is 12.8 Å². The SMILES string of the molecule is Cc1ccc(F)cc1S(=O)(=O)NCCCCC#N. The molecule has 0 radical (unpaired) electrons. The van der Waals surface area contributed by atoms with E-state index >= 15 is 0 Å². The molecule has 0 spiro atoms. The first-order chi connectivity index (χ1) is 8.47. The maximum Gasteiger partial charge on any atom is 0.240 e. The molecule has 0 amide bonds. The minimum absolute atomic E-state index is 0.0391. The van der Waals surface area contributed by atoms with Gasteiger partial charge in [0.05, 0.1) is 11.0 Å². The molecule has 0 aliphatic carbocycles. The lowest BCUT2D eigenvalue weighted by atomic mass is 10.2. The van der Waals surface area contributed by atoms with Crippen molar-refractivity contribution >= 4 is 10.0 Å². The van der Waals surface area contributed by atoms with E-state index < -0.39 is 15.8 Å². The van der Waals surface area contributed by atoms with Crippen LogP contribution < -0.4 is 4.72 Å². The average Bonchev–Trinajstić information content (AvgIpc) is 2.32. The molecule has 0 unspecified atom stereocenters. The zero-order valence-corrected chi connectivity index (χ0v) is 10.9. The summed E-state index contributed by atoms with van der Waals surface area (Å²) >= 11 is 0. The molecule has 4 nitrogen and oxygen atoms in total. The van der Waals surface area contributed by atoms with Crippen LogP contribution in [0.1, 0.15) is 24.8 Å². The van der Waals surface area contributed by atoms with Gasteiger partial charge in [0.25, 0.3) is 0 Å². The summed E-state index contributed by atoms with van der Waals surface area (Å²) in [6, 6.07) is 5.65. The van der Waals surface area contributed by atoms with Crippen LogP contribution in [-0.4, -0.2) is 15.0 Å². The number of aryl methyl sites for hydroxylation is 1. The number of rotatable bonds is 6. The van der Waals surface area contributed by atoms with Crippen LogP contribution in [0.3, 0.4) is 0 Å². The van der Waals surface area contributed by atoms with Crippen LogP contribution in [0.4, 0.5) is 4.39 Å². The normalized spacial score (nSPS) is 11.2. The van der Waals surface area contributed by atoms with E-state index in [0.29, 0.717) is 24.8 Å². The van der Waals surface area contributed by atoms with Gasteiger partial charge in [-0.15, -0.1) is 0 Å². The second-order valence-electron chi connectivity index (χ2n) is 3.92. The van der Waals surface area contributed by atoms with Gasteiger partial charge in [-0.25, -0.2) is 17.5 Å². The molecule has 0 heterocycles. The molecule has 1 aromatic rings. The highest BCUT2D eigenvalue weighted by Gasteiger charge is 2.16. The van der Waals surface area contributed by atoms with Crippen molar-refractivity contribution in [1.29, 1.82) is 5.26 Å². The Morgan fingerprint density at radius 1 is 1.39 bits per heavy atom. The third-order valence-electron chi connectivity index (χ3n) is 2.45. The summed E-state index contributed by atoms with van der Waals surface area (Å²) in [5, 5.41) is 8.34. The second-order valence-corrected chi connectivity index (χ2v) is 5.66. The smallest absolute Gasteiger partial charge is 0.211 e. The number of hydrogen-bond donors (Lipinski definition) is 1. The van der Waals surface area contributed by atoms with E-state index in [1.165, 1.54) is 12.1 Å². The summed E-state index contributed by atoms with van der Waals surface area (Å²) in [5.74, 6) is -0.578. The Morgan fingerprint density at radius 3 is 2.78 bits per heavy atom. The number of unbranched alkanes of at least 4 members (excludes halogenated alkanes) is 2. The molecular formula is C12H15FN2O2S. The van der Waals surface area contributed by atoms with Gasteiger partial charge in [-0.3, -0.25) is 0 Å². The maximum absolute atomic E-state index is 13.0. The van der Waals surface area contributed by atoms with E-state index in [4.69, 9.17) is 5.26 Å². The van der Waals surface area contributed by atoms with Crippen molar-refractivity contribution in [2.75, 3.05) is 6.54 Å². The lowest BCUT2D eigenvalue weighted by molar-refractivity contribution is 0.573. The van der Waals surface area contributed by atoms with E-state index in [1.54, 1.807) is 6.92 Å². The third-order valence-corrected chi connectivity index (χ3v) is 4.05. The zero-order chi connectivity index (χ0) is 13.6. The average molecular weight is 270 g/mol. The van der Waals surface area contributed by atoms with Gasteiger partial charge < -0.3 is 0 Å². The van der Waals surface area contributed by atoms with Gasteiger partial charge in [0.1, 0.15) is 5.82 Å². The van der Waals surface area contributed by atoms with Crippen molar-refractivity contribution in [3.8, 4) is 6.07 Å². The van der Waals surface area contributed by atoms with Crippen LogP contribution in [0, 0.1) is 24.1 Å². The van der Waals surface area contributed by atoms with E-state index in [0.717, 1.165) is 6.07 Å². The summed E-state index contributed by atoms with van der Waals surface area (Å²) in [6.45, 7) is 1.86. The number of nitriles is 1. The van der Waals surface area contributed by atoms with Crippen molar-refractivity contribution < 1.29 is 12.8 Å². The highest BCUT2D eigenvalue weighted by molar-refractivity contribution is 7.89. The summed E-state index contributed by atoms with van der Waals surface area (Å²) in [7, 11) is -3.67. The first kappa shape index (κ1) is 14.6. The minimum Gasteiger partial charge on any atom is -0.211 e. The first-order valence-electron chi connectivity index (χ1n) is 5.60. The Morgan fingerprint density at radius 2 is 2.11 bits per heavy atom. The molecule has 0 saturated heterocycles. The molecule has 1 rings (SSSR count). The molecule has 98 valence electrons. The molecule has 0 aromatic heterocycles. The highest BCUT2D eigenvalue weighted by Crippen LogP contribution is 2.16. The maximum atomic E-state index is 13.0. The monoisotopic (exact) mass is 270 g/mol. The van der Waals surface area contributed by atoms with Gasteiger partial charge in [0, 0.05) is 13.0 Å². The van der Waals surface area contributed by atoms with Gasteiger partial charge >= 0.3 is 0 Å². The molecule has 0 aliphatic heterocycles. The predicted molar refractivity (Wildman–Crippen MR) is 65.8 cm³/mol. The fourth-order valence-corrected chi connectivity index (χ4v) is 2.81. The first-order valence-corrected chi connectivity index (χ1v) is 7.08. The fraction of sp³-hybridized carbons (Fsp3) is 0.417. The van der Waals surface area contributed by atoms with Crippen LogP contribution in [0.15, 0.2) is 23.1 Å². The minimum atomic E-state index is -3.67. The molecule has 0 bridgehead atoms. The number of nitrogens with zero attached hydrogens (tertiary/aromatic N) is 1. The van der Waals surface area contributed by atoms with Crippen LogP contribution in [0.25, 0.3) is 0 Å². The lowest BCUT2D eigenvalue weighted by Crippen LogP contribution is -2.25. The third kappa shape index (κ3) is 4.09. The van der Waals surface area contributed by atoms with Crippen molar-refractivity contribution in [1.82, 2.24) is 4.72 Å². The topological polar surface area (TPSA) is 70.0 Å². The molecular weight excluding hydrogens is 255 g/mol. The largest absolute Gasteiger partial charge is 0.240 e. The molecule has 6 heteroatoms. The Labute approximate surface area is 106 Å². The Balaban J connectivity index is 2.69. The van der Waals surface area contributed by atoms with Gasteiger partial charge in [0.2, 0.25) is 10.0 Å². The number of hydrogen-bond acceptors (Lipinski definition) is 3. The summed E-state index contributed by atoms with van der Waals surface area (Å²) in [4.78, 5) is -0.0391. The Bertz CT molecular complexity index is 550. The van der Waals surface area contributed by atoms with Crippen molar-refractivity contribution in [2.24, 2.45) is 0 Å². The number of nitrogens with one attached hydrogen (secondary N) is 1. The number of halogens is 1. The molecule has 18 heavy (non-hydrogen) atoms. The molecule has 1 aromatic carbocycles. The zero-order valence-electron chi connectivity index (χ0n) is 10.1. The standard InChI is InChI=1S/C12H15FN2O2S/c1-10-5-6-11(13)9-12(10)18(16,17)15-8-4-2-3-7-14/h5-6,9,15H,2-4,8H2,1H3. The van der Waals surface area contributed by atoms with Gasteiger partial charge in [-0.2, -0.15) is 5.26 Å². The van der Waals surface area contributed by atoms with Crippen molar-refractivity contribution in [3.05, 3.63) is 29.6 Å². The van der Waals surface area contributed by atoms with Crippen LogP contribution in [-0.2, 0) is 10.0 Å². The van der Waals surface area contributed by atoms with Crippen LogP contribution in [0.2, 0.25) is 0 Å². The Hall–Kier alpha value is -1.45. The molecule has 1 N–H and O–H groups in total. The number of sulfonamides is 1. The Kier molecular flexibility index (Phi) is 5.25. The fourth-order valence-electron chi connectivity index (χ4n) is 1.48. The number of benzene rings is 1. The highest BCUT2D eigenvalue weighted by atomic mass is 32.2.